The molecule has 0 saturated heterocycles. The molecule has 0 radical (unpaired) electrons. The van der Waals surface area contributed by atoms with Crippen molar-refractivity contribution in [3.8, 4) is 0 Å². The summed E-state index contributed by atoms with van der Waals surface area (Å²) in [7, 11) is 0. The van der Waals surface area contributed by atoms with Crippen molar-refractivity contribution in [3.05, 3.63) is 28.8 Å². The maximum Gasteiger partial charge on any atom is 0.125 e. The van der Waals surface area contributed by atoms with Crippen LogP contribution in [0.25, 0.3) is 5.57 Å². The van der Waals surface area contributed by atoms with Crippen molar-refractivity contribution >= 4 is 21.5 Å². The zero-order valence-corrected chi connectivity index (χ0v) is 8.71. The van der Waals surface area contributed by atoms with Crippen molar-refractivity contribution in [2.45, 2.75) is 6.42 Å². The molecule has 3 nitrogen and oxygen atoms in total. The minimum absolute atomic E-state index is 0.796. The number of nitrogens with one attached hydrogen (secondary N) is 1. The third-order valence-electron chi connectivity index (χ3n) is 2.00. The third kappa shape index (κ3) is 2.14. The molecule has 2 rings (SSSR count). The molecule has 0 unspecified atom stereocenters. The average molecular weight is 240 g/mol. The summed E-state index contributed by atoms with van der Waals surface area (Å²) in [5, 5.41) is 3.26. The van der Waals surface area contributed by atoms with Crippen molar-refractivity contribution in [2.75, 3.05) is 13.1 Å². The summed E-state index contributed by atoms with van der Waals surface area (Å²) in [4.78, 5) is 8.44. The highest BCUT2D eigenvalue weighted by Crippen LogP contribution is 2.17. The summed E-state index contributed by atoms with van der Waals surface area (Å²) in [6.07, 6.45) is 6.71. The molecule has 13 heavy (non-hydrogen) atoms. The molecule has 0 atom stereocenters. The largest absolute Gasteiger partial charge is 0.313 e. The van der Waals surface area contributed by atoms with Crippen molar-refractivity contribution in [1.29, 1.82) is 0 Å². The second-order valence-corrected chi connectivity index (χ2v) is 3.72. The molecule has 0 bridgehead atoms. The Morgan fingerprint density at radius 3 is 3.00 bits per heavy atom. The highest BCUT2D eigenvalue weighted by Gasteiger charge is 2.07. The van der Waals surface area contributed by atoms with E-state index in [-0.39, 0.29) is 0 Å². The van der Waals surface area contributed by atoms with Gasteiger partial charge in [0.15, 0.2) is 0 Å². The molecule has 2 heterocycles. The zero-order valence-electron chi connectivity index (χ0n) is 7.13. The van der Waals surface area contributed by atoms with Gasteiger partial charge in [-0.25, -0.2) is 4.98 Å². The monoisotopic (exact) mass is 239 g/mol. The van der Waals surface area contributed by atoms with Gasteiger partial charge in [-0.3, -0.25) is 4.98 Å². The van der Waals surface area contributed by atoms with Gasteiger partial charge in [0.05, 0.1) is 18.1 Å². The van der Waals surface area contributed by atoms with Crippen LogP contribution in [0.15, 0.2) is 23.1 Å². The maximum atomic E-state index is 4.35. The van der Waals surface area contributed by atoms with Crippen molar-refractivity contribution in [2.24, 2.45) is 0 Å². The summed E-state index contributed by atoms with van der Waals surface area (Å²) in [5.74, 6) is 0. The predicted molar refractivity (Wildman–Crippen MR) is 55.2 cm³/mol. The number of hydrogen-bond acceptors (Lipinski definition) is 3. The van der Waals surface area contributed by atoms with Gasteiger partial charge >= 0.3 is 0 Å². The van der Waals surface area contributed by atoms with E-state index in [1.807, 2.05) is 6.20 Å². The Balaban J connectivity index is 2.29. The van der Waals surface area contributed by atoms with Gasteiger partial charge in [0.2, 0.25) is 0 Å². The molecular formula is C9H10BrN3. The first kappa shape index (κ1) is 8.84. The molecule has 1 aliphatic heterocycles. The minimum atomic E-state index is 0.796. The van der Waals surface area contributed by atoms with Crippen LogP contribution >= 0.6 is 15.9 Å². The average Bonchev–Trinajstić information content (AvgIpc) is 2.19. The number of rotatable bonds is 1. The molecule has 1 aromatic rings. The third-order valence-corrected chi connectivity index (χ3v) is 2.38. The first-order chi connectivity index (χ1) is 6.36. The molecule has 1 aliphatic rings. The van der Waals surface area contributed by atoms with Gasteiger partial charge in [0.25, 0.3) is 0 Å². The normalized spacial score (nSPS) is 16.8. The summed E-state index contributed by atoms with van der Waals surface area (Å²) >= 11 is 3.31. The van der Waals surface area contributed by atoms with Crippen LogP contribution in [0.1, 0.15) is 12.1 Å². The summed E-state index contributed by atoms with van der Waals surface area (Å²) in [6, 6.07) is 0. The number of hydrogen-bond donors (Lipinski definition) is 1. The molecule has 1 aromatic heterocycles. The minimum Gasteiger partial charge on any atom is -0.313 e. The van der Waals surface area contributed by atoms with Gasteiger partial charge in [-0.05, 0) is 34.5 Å². The zero-order chi connectivity index (χ0) is 9.10. The molecule has 0 fully saturated rings. The molecule has 0 saturated carbocycles. The van der Waals surface area contributed by atoms with Crippen LogP contribution in [-0.2, 0) is 0 Å². The van der Waals surface area contributed by atoms with Crippen molar-refractivity contribution in [3.63, 3.8) is 0 Å². The Kier molecular flexibility index (Phi) is 2.71. The Morgan fingerprint density at radius 1 is 1.38 bits per heavy atom. The second-order valence-electron chi connectivity index (χ2n) is 2.91. The van der Waals surface area contributed by atoms with Crippen LogP contribution in [0.4, 0.5) is 0 Å². The highest BCUT2D eigenvalue weighted by molar-refractivity contribution is 9.10. The van der Waals surface area contributed by atoms with E-state index in [0.717, 1.165) is 29.8 Å². The van der Waals surface area contributed by atoms with E-state index in [1.54, 1.807) is 6.20 Å². The fourth-order valence-corrected chi connectivity index (χ4v) is 1.66. The molecule has 0 amide bonds. The van der Waals surface area contributed by atoms with Crippen LogP contribution in [-0.4, -0.2) is 23.1 Å². The molecule has 1 N–H and O–H groups in total. The predicted octanol–water partition coefficient (Wildman–Crippen LogP) is 1.62. The SMILES string of the molecule is Brc1cncc(C2=CCNCC2)n1. The lowest BCUT2D eigenvalue weighted by Crippen LogP contribution is -2.20. The van der Waals surface area contributed by atoms with E-state index >= 15 is 0 Å². The molecular weight excluding hydrogens is 230 g/mol. The van der Waals surface area contributed by atoms with E-state index in [9.17, 15) is 0 Å². The van der Waals surface area contributed by atoms with Crippen LogP contribution in [0.5, 0.6) is 0 Å². The Labute approximate surface area is 85.4 Å². The fraction of sp³-hybridized carbons (Fsp3) is 0.333. The first-order valence-corrected chi connectivity index (χ1v) is 5.03. The topological polar surface area (TPSA) is 37.8 Å². The second kappa shape index (κ2) is 3.98. The molecule has 0 aromatic carbocycles. The lowest BCUT2D eigenvalue weighted by Gasteiger charge is -2.12. The number of nitrogens with zero attached hydrogens (tertiary/aromatic N) is 2. The van der Waals surface area contributed by atoms with Crippen molar-refractivity contribution in [1.82, 2.24) is 15.3 Å². The summed E-state index contributed by atoms with van der Waals surface area (Å²) < 4.78 is 0.796. The molecule has 68 valence electrons. The van der Waals surface area contributed by atoms with Crippen LogP contribution < -0.4 is 5.32 Å². The Hall–Kier alpha value is -0.740. The van der Waals surface area contributed by atoms with E-state index in [4.69, 9.17) is 0 Å². The molecule has 4 heteroatoms. The Bertz CT molecular complexity index is 335. The smallest absolute Gasteiger partial charge is 0.125 e. The van der Waals surface area contributed by atoms with Crippen LogP contribution in [0.2, 0.25) is 0 Å². The van der Waals surface area contributed by atoms with Gasteiger partial charge in [-0.15, -0.1) is 0 Å². The van der Waals surface area contributed by atoms with E-state index in [2.05, 4.69) is 37.3 Å². The lowest BCUT2D eigenvalue weighted by atomic mass is 10.1. The number of halogens is 1. The van der Waals surface area contributed by atoms with Gasteiger partial charge in [-0.2, -0.15) is 0 Å². The van der Waals surface area contributed by atoms with Crippen molar-refractivity contribution < 1.29 is 0 Å². The quantitative estimate of drug-likeness (QED) is 0.810. The summed E-state index contributed by atoms with van der Waals surface area (Å²) in [6.45, 7) is 1.96. The Morgan fingerprint density at radius 2 is 2.31 bits per heavy atom. The molecule has 0 spiro atoms. The van der Waals surface area contributed by atoms with Gasteiger partial charge in [-0.1, -0.05) is 6.08 Å². The maximum absolute atomic E-state index is 4.35. The summed E-state index contributed by atoms with van der Waals surface area (Å²) in [5.41, 5.74) is 2.27. The number of aromatic nitrogens is 2. The van der Waals surface area contributed by atoms with E-state index in [0.29, 0.717) is 0 Å². The lowest BCUT2D eigenvalue weighted by molar-refractivity contribution is 0.736. The first-order valence-electron chi connectivity index (χ1n) is 4.24. The molecule has 0 aliphatic carbocycles. The highest BCUT2D eigenvalue weighted by atomic mass is 79.9. The fourth-order valence-electron chi connectivity index (χ4n) is 1.35. The van der Waals surface area contributed by atoms with E-state index < -0.39 is 0 Å². The standard InChI is InChI=1S/C9H10BrN3/c10-9-6-12-5-8(13-9)7-1-3-11-4-2-7/h1,5-6,11H,2-4H2. The van der Waals surface area contributed by atoms with Crippen LogP contribution in [0.3, 0.4) is 0 Å². The van der Waals surface area contributed by atoms with E-state index in [1.165, 1.54) is 5.57 Å². The van der Waals surface area contributed by atoms with Gasteiger partial charge in [0, 0.05) is 6.54 Å². The van der Waals surface area contributed by atoms with Gasteiger partial charge in [0.1, 0.15) is 4.60 Å². The van der Waals surface area contributed by atoms with Crippen LogP contribution in [0, 0.1) is 0 Å². The van der Waals surface area contributed by atoms with Gasteiger partial charge < -0.3 is 5.32 Å².